The number of anilines is 6. The first-order valence-corrected chi connectivity index (χ1v) is 34.3. The van der Waals surface area contributed by atoms with E-state index in [1.807, 2.05) is 0 Å². The van der Waals surface area contributed by atoms with E-state index in [-0.39, 0.29) is 10.8 Å². The van der Waals surface area contributed by atoms with Gasteiger partial charge >= 0.3 is 0 Å². The van der Waals surface area contributed by atoms with Gasteiger partial charge in [-0.15, -0.1) is 0 Å². The topological polar surface area (TPSA) is 6.48 Å². The highest BCUT2D eigenvalue weighted by Gasteiger charge is 2.39. The highest BCUT2D eigenvalue weighted by molar-refractivity contribution is 8.33. The fraction of sp³-hybridized carbons (Fsp3) is 0.0909. The largest absolute Gasteiger partial charge is 0.309 e. The Labute approximate surface area is 535 Å². The van der Waals surface area contributed by atoms with E-state index in [1.165, 1.54) is 154 Å². The molecule has 2 aliphatic carbocycles. The van der Waals surface area contributed by atoms with Crippen LogP contribution in [0, 0.1) is 0 Å². The van der Waals surface area contributed by atoms with Gasteiger partial charge in [-0.1, -0.05) is 258 Å². The van der Waals surface area contributed by atoms with E-state index in [0.29, 0.717) is 0 Å². The van der Waals surface area contributed by atoms with Crippen LogP contribution in [0.3, 0.4) is 0 Å². The van der Waals surface area contributed by atoms with Crippen molar-refractivity contribution in [2.24, 2.45) is 0 Å². The zero-order valence-corrected chi connectivity index (χ0v) is 53.0. The van der Waals surface area contributed by atoms with Gasteiger partial charge in [0.25, 0.3) is 0 Å². The smallest absolute Gasteiger partial charge is 0.0540 e. The molecule has 3 heteroatoms. The van der Waals surface area contributed by atoms with E-state index >= 15 is 0 Å². The van der Waals surface area contributed by atoms with Gasteiger partial charge in [0, 0.05) is 53.5 Å². The highest BCUT2D eigenvalue weighted by Crippen LogP contribution is 2.67. The van der Waals surface area contributed by atoms with E-state index < -0.39 is 10.0 Å². The van der Waals surface area contributed by atoms with Gasteiger partial charge in [-0.05, 0) is 185 Å². The monoisotopic (exact) mass is 1180 g/mol. The second kappa shape index (κ2) is 20.8. The molecule has 0 unspecified atom stereocenters. The molecule has 0 bridgehead atoms. The first kappa shape index (κ1) is 54.7. The summed E-state index contributed by atoms with van der Waals surface area (Å²) in [4.78, 5) is 7.87. The molecule has 0 radical (unpaired) electrons. The van der Waals surface area contributed by atoms with Crippen molar-refractivity contribution >= 4 is 112 Å². The maximum Gasteiger partial charge on any atom is 0.0540 e. The van der Waals surface area contributed by atoms with Crippen molar-refractivity contribution in [2.45, 2.75) is 48.3 Å². The van der Waals surface area contributed by atoms with Gasteiger partial charge in [-0.25, -0.2) is 0 Å². The van der Waals surface area contributed by atoms with Gasteiger partial charge in [-0.3, -0.25) is 0 Å². The summed E-state index contributed by atoms with van der Waals surface area (Å²) in [6.45, 7) is 9.60. The Morgan fingerprint density at radius 3 is 0.879 bits per heavy atom. The second-order valence-electron chi connectivity index (χ2n) is 26.5. The molecular weight excluding hydrogens is 1120 g/mol. The summed E-state index contributed by atoms with van der Waals surface area (Å²) in [6, 6.07) is 104. The predicted molar refractivity (Wildman–Crippen MR) is 393 cm³/mol. The second-order valence-corrected chi connectivity index (χ2v) is 30.0. The third-order valence-electron chi connectivity index (χ3n) is 20.2. The van der Waals surface area contributed by atoms with Crippen molar-refractivity contribution in [1.29, 1.82) is 0 Å². The van der Waals surface area contributed by atoms with Crippen LogP contribution in [-0.2, 0) is 10.8 Å². The predicted octanol–water partition coefficient (Wildman–Crippen LogP) is 24.7. The zero-order chi connectivity index (χ0) is 61.3. The number of hydrogen-bond acceptors (Lipinski definition) is 2. The van der Waals surface area contributed by atoms with E-state index in [4.69, 9.17) is 0 Å². The maximum atomic E-state index is 2.48. The minimum absolute atomic E-state index is 0.221. The minimum atomic E-state index is -1.20. The summed E-state index contributed by atoms with van der Waals surface area (Å²) >= 11 is 0. The lowest BCUT2D eigenvalue weighted by molar-refractivity contribution is 0.660. The Hall–Kier alpha value is -10.5. The van der Waals surface area contributed by atoms with Crippen LogP contribution >= 0.6 is 10.0 Å². The molecule has 3 aliphatic rings. The Morgan fingerprint density at radius 1 is 0.264 bits per heavy atom. The van der Waals surface area contributed by atoms with Crippen molar-refractivity contribution < 1.29 is 0 Å². The summed E-state index contributed by atoms with van der Waals surface area (Å²) in [5.74, 6) is 0. The van der Waals surface area contributed by atoms with Crippen molar-refractivity contribution in [3.05, 3.63) is 324 Å². The Kier molecular flexibility index (Phi) is 12.5. The van der Waals surface area contributed by atoms with Crippen molar-refractivity contribution in [2.75, 3.05) is 22.3 Å². The normalized spacial score (nSPS) is 14.8. The molecule has 0 saturated carbocycles. The molecule has 0 N–H and O–H groups in total. The lowest BCUT2D eigenvalue weighted by Gasteiger charge is -2.30. The van der Waals surface area contributed by atoms with E-state index in [9.17, 15) is 0 Å². The highest BCUT2D eigenvalue weighted by atomic mass is 32.3. The van der Waals surface area contributed by atoms with Crippen LogP contribution < -0.4 is 9.80 Å². The van der Waals surface area contributed by atoms with Gasteiger partial charge < -0.3 is 9.80 Å². The number of benzene rings is 14. The molecule has 0 aromatic heterocycles. The first-order valence-electron chi connectivity index (χ1n) is 31.9. The third kappa shape index (κ3) is 8.77. The van der Waals surface area contributed by atoms with Crippen molar-refractivity contribution in [3.63, 3.8) is 0 Å². The molecule has 0 spiro atoms. The van der Waals surface area contributed by atoms with Gasteiger partial charge in [0.15, 0.2) is 0 Å². The number of rotatable bonds is 10. The quantitative estimate of drug-likeness (QED) is 0.126. The average molecular weight is 1190 g/mol. The zero-order valence-electron chi connectivity index (χ0n) is 52.2. The Morgan fingerprint density at radius 2 is 0.538 bits per heavy atom. The molecule has 91 heavy (non-hydrogen) atoms. The molecule has 0 fully saturated rings. The molecule has 0 amide bonds. The number of hydrogen-bond donors (Lipinski definition) is 0. The molecule has 1 aliphatic heterocycles. The van der Waals surface area contributed by atoms with E-state index in [2.05, 4.69) is 353 Å². The number of fused-ring (bicyclic) bond motifs is 13. The summed E-state index contributed by atoms with van der Waals surface area (Å²) in [5, 5.41) is 9.81. The lowest BCUT2D eigenvalue weighted by Crippen LogP contribution is -2.17. The lowest BCUT2D eigenvalue weighted by atomic mass is 9.81. The summed E-state index contributed by atoms with van der Waals surface area (Å²) in [7, 11) is -1.20. The van der Waals surface area contributed by atoms with Gasteiger partial charge in [0.2, 0.25) is 0 Å². The molecular formula is C88H68N2S. The van der Waals surface area contributed by atoms with Gasteiger partial charge in [-0.2, -0.15) is 10.0 Å². The van der Waals surface area contributed by atoms with Crippen LogP contribution in [0.5, 0.6) is 0 Å². The Balaban J connectivity index is 0.649. The molecule has 14 aromatic rings. The minimum Gasteiger partial charge on any atom is -0.309 e. The van der Waals surface area contributed by atoms with Gasteiger partial charge in [0.05, 0.1) is 22.7 Å². The molecule has 436 valence electrons. The van der Waals surface area contributed by atoms with E-state index in [0.717, 1.165) is 11.4 Å². The summed E-state index contributed by atoms with van der Waals surface area (Å²) in [5.41, 5.74) is 24.7. The van der Waals surface area contributed by atoms with Crippen LogP contribution in [0.25, 0.3) is 101 Å². The molecule has 0 atom stereocenters. The molecule has 14 aromatic carbocycles. The van der Waals surface area contributed by atoms with Crippen LogP contribution in [0.1, 0.15) is 72.2 Å². The standard InChI is InChI=1S/C88H68N2S/c1-87(2)77-53-59(39-45-71(77)73-47-43-65(55-79(73)87)89(81-31-15-23-61-19-7-11-27-67(61)81)82-32-16-24-62-20-8-12-28-68(62)82)37-35-57-41-49-85-75(51-57)76-52-58(42-50-86(76)91(85,5)6)36-38-60-40-46-72-74-48-44-66(56-80(74)88(3,4)78(72)54-60)90(83-33-17-25-63-21-9-13-29-69(63)83)84-34-18-26-64-22-10-14-30-70(64)84/h7-56H,1-6H3/b37-35+,38-36+. The maximum absolute atomic E-state index is 2.48. The molecule has 17 rings (SSSR count). The number of nitrogens with zero attached hydrogens (tertiary/aromatic N) is 2. The molecule has 0 saturated heterocycles. The summed E-state index contributed by atoms with van der Waals surface area (Å²) in [6.07, 6.45) is 14.2. The van der Waals surface area contributed by atoms with Crippen LogP contribution in [0.15, 0.2) is 289 Å². The van der Waals surface area contributed by atoms with Crippen molar-refractivity contribution in [3.8, 4) is 33.4 Å². The summed E-state index contributed by atoms with van der Waals surface area (Å²) < 4.78 is 0. The molecule has 2 nitrogen and oxygen atoms in total. The average Bonchev–Trinajstić information content (AvgIpc) is 1.63. The fourth-order valence-corrected chi connectivity index (χ4v) is 18.0. The third-order valence-corrected chi connectivity index (χ3v) is 23.2. The molecule has 1 heterocycles. The first-order chi connectivity index (χ1) is 44.4. The van der Waals surface area contributed by atoms with E-state index in [1.54, 1.807) is 0 Å². The Bertz CT molecular complexity index is 4910. The fourth-order valence-electron chi connectivity index (χ4n) is 15.5. The van der Waals surface area contributed by atoms with Gasteiger partial charge in [0.1, 0.15) is 0 Å². The van der Waals surface area contributed by atoms with Crippen LogP contribution in [0.2, 0.25) is 0 Å². The van der Waals surface area contributed by atoms with Crippen LogP contribution in [-0.4, -0.2) is 12.5 Å². The van der Waals surface area contributed by atoms with Crippen molar-refractivity contribution in [1.82, 2.24) is 0 Å². The SMILES string of the molecule is CC1(C)c2cc(/C=C/c3ccc4c(c3)-c3cc(/C=C/c5ccc6c(c5)C(C)(C)c5cc(N(c7cccc8ccccc78)c7cccc8ccccc78)ccc5-6)ccc3S4(C)C)ccc2-c2ccc(N(c3cccc4ccccc34)c3cccc4ccccc34)cc21. The van der Waals surface area contributed by atoms with Crippen LogP contribution in [0.4, 0.5) is 34.1 Å².